The number of halogens is 1. The number of nitrogens with zero attached hydrogens (tertiary/aromatic N) is 1. The second-order valence-electron chi connectivity index (χ2n) is 4.75. The van der Waals surface area contributed by atoms with E-state index in [9.17, 15) is 0 Å². The molecule has 1 aliphatic carbocycles. The molecule has 1 saturated carbocycles. The summed E-state index contributed by atoms with van der Waals surface area (Å²) in [5, 5.41) is 0. The summed E-state index contributed by atoms with van der Waals surface area (Å²) in [6.45, 7) is 3.54. The molecule has 1 heterocycles. The van der Waals surface area contributed by atoms with Crippen LogP contribution in [0.1, 0.15) is 25.7 Å². The Balaban J connectivity index is 0.000000980. The molecule has 0 bridgehead atoms. The minimum Gasteiger partial charge on any atom is -0.328 e. The summed E-state index contributed by atoms with van der Waals surface area (Å²) in [5.74, 6) is 0.847. The fourth-order valence-corrected chi connectivity index (χ4v) is 2.67. The summed E-state index contributed by atoms with van der Waals surface area (Å²) < 4.78 is 0. The van der Waals surface area contributed by atoms with Crippen molar-refractivity contribution in [2.75, 3.05) is 19.6 Å². The molecule has 4 N–H and O–H groups in total. The van der Waals surface area contributed by atoms with Crippen molar-refractivity contribution in [1.29, 1.82) is 0 Å². The van der Waals surface area contributed by atoms with Gasteiger partial charge < -0.3 is 16.4 Å². The fourth-order valence-electron chi connectivity index (χ4n) is 2.67. The molecular weight excluding hydrogens is 198 g/mol. The quantitative estimate of drug-likeness (QED) is 0.714. The van der Waals surface area contributed by atoms with E-state index < -0.39 is 0 Å². The van der Waals surface area contributed by atoms with Crippen LogP contribution in [0, 0.1) is 5.92 Å². The Kier molecular flexibility index (Phi) is 4.64. The molecule has 2 fully saturated rings. The average molecular weight is 220 g/mol. The van der Waals surface area contributed by atoms with Crippen molar-refractivity contribution < 1.29 is 0 Å². The van der Waals surface area contributed by atoms with Crippen LogP contribution in [0.3, 0.4) is 0 Å². The Morgan fingerprint density at radius 2 is 1.86 bits per heavy atom. The van der Waals surface area contributed by atoms with Gasteiger partial charge >= 0.3 is 0 Å². The first-order valence-corrected chi connectivity index (χ1v) is 5.47. The van der Waals surface area contributed by atoms with Crippen molar-refractivity contribution in [3.05, 3.63) is 0 Å². The average Bonchev–Trinajstić information content (AvgIpc) is 2.62. The summed E-state index contributed by atoms with van der Waals surface area (Å²) in [4.78, 5) is 2.51. The highest BCUT2D eigenvalue weighted by molar-refractivity contribution is 5.85. The van der Waals surface area contributed by atoms with E-state index in [1.54, 1.807) is 0 Å². The molecule has 2 rings (SSSR count). The second kappa shape index (κ2) is 5.31. The van der Waals surface area contributed by atoms with Crippen molar-refractivity contribution in [3.63, 3.8) is 0 Å². The lowest BCUT2D eigenvalue weighted by Gasteiger charge is -2.19. The van der Waals surface area contributed by atoms with E-state index in [1.807, 2.05) is 0 Å². The zero-order chi connectivity index (χ0) is 9.26. The van der Waals surface area contributed by atoms with Gasteiger partial charge in [-0.2, -0.15) is 0 Å². The molecule has 0 aromatic heterocycles. The Morgan fingerprint density at radius 1 is 1.07 bits per heavy atom. The zero-order valence-corrected chi connectivity index (χ0v) is 9.51. The molecule has 14 heavy (non-hydrogen) atoms. The normalized spacial score (nSPS) is 38.6. The van der Waals surface area contributed by atoms with Crippen molar-refractivity contribution in [1.82, 2.24) is 4.90 Å². The third kappa shape index (κ3) is 3.09. The summed E-state index contributed by atoms with van der Waals surface area (Å²) in [6.07, 6.45) is 4.96. The highest BCUT2D eigenvalue weighted by Crippen LogP contribution is 2.25. The van der Waals surface area contributed by atoms with E-state index in [0.29, 0.717) is 12.1 Å². The van der Waals surface area contributed by atoms with Gasteiger partial charge in [-0.05, 0) is 38.1 Å². The lowest BCUT2D eigenvalue weighted by molar-refractivity contribution is 0.276. The second-order valence-corrected chi connectivity index (χ2v) is 4.75. The third-order valence-corrected chi connectivity index (χ3v) is 3.41. The van der Waals surface area contributed by atoms with E-state index in [0.717, 1.165) is 12.5 Å². The van der Waals surface area contributed by atoms with Crippen molar-refractivity contribution in [2.24, 2.45) is 17.4 Å². The predicted molar refractivity (Wildman–Crippen MR) is 61.6 cm³/mol. The molecular formula is C10H22ClN3. The van der Waals surface area contributed by atoms with Crippen LogP contribution < -0.4 is 11.5 Å². The Morgan fingerprint density at radius 3 is 2.36 bits per heavy atom. The minimum absolute atomic E-state index is 0. The molecule has 3 unspecified atom stereocenters. The summed E-state index contributed by atoms with van der Waals surface area (Å²) in [6, 6.07) is 0.899. The minimum atomic E-state index is 0. The van der Waals surface area contributed by atoms with E-state index in [1.165, 1.54) is 38.8 Å². The lowest BCUT2D eigenvalue weighted by Crippen LogP contribution is -2.30. The predicted octanol–water partition coefficient (Wildman–Crippen LogP) is 0.569. The smallest absolute Gasteiger partial charge is 0.0180 e. The lowest BCUT2D eigenvalue weighted by atomic mass is 10.1. The van der Waals surface area contributed by atoms with Crippen LogP contribution in [0.15, 0.2) is 0 Å². The summed E-state index contributed by atoms with van der Waals surface area (Å²) in [7, 11) is 0. The van der Waals surface area contributed by atoms with Crippen LogP contribution in [0.2, 0.25) is 0 Å². The van der Waals surface area contributed by atoms with Crippen LogP contribution in [-0.4, -0.2) is 36.6 Å². The number of hydrogen-bond acceptors (Lipinski definition) is 3. The maximum atomic E-state index is 5.88. The van der Waals surface area contributed by atoms with Crippen LogP contribution in [0.4, 0.5) is 0 Å². The number of likely N-dealkylation sites (tertiary alicyclic amines) is 1. The maximum Gasteiger partial charge on any atom is 0.0180 e. The number of hydrogen-bond donors (Lipinski definition) is 2. The van der Waals surface area contributed by atoms with Crippen molar-refractivity contribution in [3.8, 4) is 0 Å². The molecule has 3 atom stereocenters. The number of nitrogens with two attached hydrogens (primary N) is 2. The van der Waals surface area contributed by atoms with E-state index in [-0.39, 0.29) is 12.4 Å². The Labute approximate surface area is 92.6 Å². The molecule has 3 nitrogen and oxygen atoms in total. The Bertz CT molecular complexity index is 159. The first-order valence-electron chi connectivity index (χ1n) is 5.47. The van der Waals surface area contributed by atoms with E-state index in [4.69, 9.17) is 11.5 Å². The van der Waals surface area contributed by atoms with Crippen LogP contribution >= 0.6 is 12.4 Å². The van der Waals surface area contributed by atoms with E-state index in [2.05, 4.69) is 4.90 Å². The van der Waals surface area contributed by atoms with Gasteiger partial charge in [0.15, 0.2) is 0 Å². The molecule has 4 heteroatoms. The topological polar surface area (TPSA) is 55.3 Å². The van der Waals surface area contributed by atoms with E-state index >= 15 is 0 Å². The summed E-state index contributed by atoms with van der Waals surface area (Å²) >= 11 is 0. The monoisotopic (exact) mass is 219 g/mol. The van der Waals surface area contributed by atoms with Gasteiger partial charge in [0, 0.05) is 25.2 Å². The number of rotatable bonds is 2. The first kappa shape index (κ1) is 12.2. The SMILES string of the molecule is Cl.NC1CCC(CN2CCC(N)C2)C1. The summed E-state index contributed by atoms with van der Waals surface area (Å²) in [5.41, 5.74) is 11.7. The van der Waals surface area contributed by atoms with Crippen molar-refractivity contribution in [2.45, 2.75) is 37.8 Å². The van der Waals surface area contributed by atoms with Gasteiger partial charge in [0.05, 0.1) is 0 Å². The molecule has 0 aromatic carbocycles. The van der Waals surface area contributed by atoms with Crippen LogP contribution in [0.5, 0.6) is 0 Å². The van der Waals surface area contributed by atoms with Gasteiger partial charge in [0.25, 0.3) is 0 Å². The van der Waals surface area contributed by atoms with Crippen LogP contribution in [-0.2, 0) is 0 Å². The van der Waals surface area contributed by atoms with Gasteiger partial charge in [0.2, 0.25) is 0 Å². The van der Waals surface area contributed by atoms with Gasteiger partial charge in [-0.3, -0.25) is 0 Å². The molecule has 0 spiro atoms. The first-order chi connectivity index (χ1) is 6.24. The molecule has 1 aliphatic heterocycles. The van der Waals surface area contributed by atoms with Gasteiger partial charge in [-0.1, -0.05) is 0 Å². The third-order valence-electron chi connectivity index (χ3n) is 3.41. The maximum absolute atomic E-state index is 5.88. The molecule has 0 radical (unpaired) electrons. The van der Waals surface area contributed by atoms with Gasteiger partial charge in [-0.15, -0.1) is 12.4 Å². The molecule has 84 valence electrons. The van der Waals surface area contributed by atoms with Gasteiger partial charge in [-0.25, -0.2) is 0 Å². The highest BCUT2D eigenvalue weighted by atomic mass is 35.5. The van der Waals surface area contributed by atoms with Crippen LogP contribution in [0.25, 0.3) is 0 Å². The molecule has 0 aromatic rings. The Hall–Kier alpha value is 0.170. The largest absolute Gasteiger partial charge is 0.328 e. The van der Waals surface area contributed by atoms with Crippen molar-refractivity contribution >= 4 is 12.4 Å². The molecule has 0 amide bonds. The highest BCUT2D eigenvalue weighted by Gasteiger charge is 2.26. The zero-order valence-electron chi connectivity index (χ0n) is 8.69. The fraction of sp³-hybridized carbons (Fsp3) is 1.00. The molecule has 1 saturated heterocycles. The van der Waals surface area contributed by atoms with Gasteiger partial charge in [0.1, 0.15) is 0 Å². The molecule has 2 aliphatic rings. The standard InChI is InChI=1S/C10H21N3.ClH/c11-9-2-1-8(5-9)6-13-4-3-10(12)7-13;/h8-10H,1-7,11-12H2;1H.